The van der Waals surface area contributed by atoms with Gasteiger partial charge >= 0.3 is 0 Å². The van der Waals surface area contributed by atoms with Gasteiger partial charge in [-0.2, -0.15) is 4.31 Å². The summed E-state index contributed by atoms with van der Waals surface area (Å²) in [5, 5.41) is 6.19. The van der Waals surface area contributed by atoms with Gasteiger partial charge in [0.05, 0.1) is 4.90 Å². The summed E-state index contributed by atoms with van der Waals surface area (Å²) < 4.78 is 27.1. The molecule has 0 spiro atoms. The van der Waals surface area contributed by atoms with Gasteiger partial charge in [-0.05, 0) is 69.3 Å². The number of anilines is 1. The average Bonchev–Trinajstić information content (AvgIpc) is 2.68. The third-order valence-electron chi connectivity index (χ3n) is 5.31. The van der Waals surface area contributed by atoms with Crippen molar-refractivity contribution >= 4 is 34.0 Å². The minimum Gasteiger partial charge on any atom is -0.326 e. The number of rotatable bonds is 6. The van der Waals surface area contributed by atoms with Gasteiger partial charge in [-0.15, -0.1) is 12.4 Å². The SMILES string of the molecule is Cl.O=C(CCC1CCNCC1)Nc1cccc(S(=O)(=O)N2CCCCC2)c1. The summed E-state index contributed by atoms with van der Waals surface area (Å²) in [5.74, 6) is 0.559. The van der Waals surface area contributed by atoms with Gasteiger partial charge in [0.1, 0.15) is 0 Å². The Labute approximate surface area is 168 Å². The van der Waals surface area contributed by atoms with E-state index in [1.807, 2.05) is 0 Å². The first-order valence-corrected chi connectivity index (χ1v) is 11.1. The van der Waals surface area contributed by atoms with Crippen LogP contribution in [0, 0.1) is 5.92 Å². The van der Waals surface area contributed by atoms with Crippen molar-refractivity contribution in [2.75, 3.05) is 31.5 Å². The topological polar surface area (TPSA) is 78.5 Å². The summed E-state index contributed by atoms with van der Waals surface area (Å²) in [4.78, 5) is 12.5. The summed E-state index contributed by atoms with van der Waals surface area (Å²) in [5.41, 5.74) is 0.554. The number of amides is 1. The smallest absolute Gasteiger partial charge is 0.243 e. The first kappa shape index (κ1) is 22.1. The van der Waals surface area contributed by atoms with E-state index in [2.05, 4.69) is 10.6 Å². The molecule has 2 aliphatic rings. The maximum Gasteiger partial charge on any atom is 0.243 e. The molecule has 27 heavy (non-hydrogen) atoms. The molecule has 0 radical (unpaired) electrons. The van der Waals surface area contributed by atoms with Crippen LogP contribution in [-0.2, 0) is 14.8 Å². The number of halogens is 1. The van der Waals surface area contributed by atoms with E-state index in [1.54, 1.807) is 28.6 Å². The molecular formula is C19H30ClN3O3S. The van der Waals surface area contributed by atoms with Crippen LogP contribution in [0.1, 0.15) is 44.9 Å². The molecule has 2 saturated heterocycles. The fraction of sp³-hybridized carbons (Fsp3) is 0.632. The van der Waals surface area contributed by atoms with Crippen LogP contribution in [0.5, 0.6) is 0 Å². The predicted octanol–water partition coefficient (Wildman–Crippen LogP) is 3.00. The number of hydrogen-bond donors (Lipinski definition) is 2. The van der Waals surface area contributed by atoms with Crippen LogP contribution in [0.15, 0.2) is 29.2 Å². The number of carbonyl (C=O) groups excluding carboxylic acids is 1. The summed E-state index contributed by atoms with van der Waals surface area (Å²) in [7, 11) is -3.47. The van der Waals surface area contributed by atoms with Gasteiger partial charge in [0, 0.05) is 25.2 Å². The fourth-order valence-corrected chi connectivity index (χ4v) is 5.28. The van der Waals surface area contributed by atoms with Crippen molar-refractivity contribution in [2.24, 2.45) is 5.92 Å². The van der Waals surface area contributed by atoms with Gasteiger partial charge < -0.3 is 10.6 Å². The lowest BCUT2D eigenvalue weighted by Crippen LogP contribution is -2.35. The fourth-order valence-electron chi connectivity index (χ4n) is 3.72. The monoisotopic (exact) mass is 415 g/mol. The second-order valence-electron chi connectivity index (χ2n) is 7.27. The van der Waals surface area contributed by atoms with Crippen LogP contribution in [-0.4, -0.2) is 44.8 Å². The van der Waals surface area contributed by atoms with E-state index >= 15 is 0 Å². The first-order valence-electron chi connectivity index (χ1n) is 9.66. The zero-order valence-corrected chi connectivity index (χ0v) is 17.3. The molecule has 152 valence electrons. The summed E-state index contributed by atoms with van der Waals surface area (Å²) in [6, 6.07) is 6.62. The Bertz CT molecular complexity index is 715. The highest BCUT2D eigenvalue weighted by Gasteiger charge is 2.26. The molecule has 0 atom stereocenters. The van der Waals surface area contributed by atoms with Crippen molar-refractivity contribution in [1.29, 1.82) is 0 Å². The minimum atomic E-state index is -3.47. The molecule has 1 aromatic carbocycles. The van der Waals surface area contributed by atoms with Crippen molar-refractivity contribution in [3.63, 3.8) is 0 Å². The summed E-state index contributed by atoms with van der Waals surface area (Å²) >= 11 is 0. The van der Waals surface area contributed by atoms with E-state index in [9.17, 15) is 13.2 Å². The van der Waals surface area contributed by atoms with Crippen LogP contribution < -0.4 is 10.6 Å². The number of nitrogens with zero attached hydrogens (tertiary/aromatic N) is 1. The quantitative estimate of drug-likeness (QED) is 0.748. The Morgan fingerprint density at radius 2 is 1.85 bits per heavy atom. The Morgan fingerprint density at radius 1 is 1.15 bits per heavy atom. The highest BCUT2D eigenvalue weighted by atomic mass is 35.5. The normalized spacial score (nSPS) is 19.3. The van der Waals surface area contributed by atoms with Gasteiger partial charge in [-0.1, -0.05) is 12.5 Å². The lowest BCUT2D eigenvalue weighted by Gasteiger charge is -2.26. The van der Waals surface area contributed by atoms with Gasteiger partial charge in [0.25, 0.3) is 0 Å². The maximum absolute atomic E-state index is 12.8. The molecule has 1 aromatic rings. The molecule has 2 N–H and O–H groups in total. The second kappa shape index (κ2) is 10.4. The van der Waals surface area contributed by atoms with Crippen LogP contribution >= 0.6 is 12.4 Å². The van der Waals surface area contributed by atoms with Crippen LogP contribution in [0.25, 0.3) is 0 Å². The molecule has 0 unspecified atom stereocenters. The van der Waals surface area contributed by atoms with Crippen molar-refractivity contribution in [3.05, 3.63) is 24.3 Å². The number of sulfonamides is 1. The Balaban J connectivity index is 0.00000261. The predicted molar refractivity (Wildman–Crippen MR) is 110 cm³/mol. The molecule has 3 rings (SSSR count). The third kappa shape index (κ3) is 6.17. The molecule has 2 aliphatic heterocycles. The Kier molecular flexibility index (Phi) is 8.54. The van der Waals surface area contributed by atoms with Crippen molar-refractivity contribution in [3.8, 4) is 0 Å². The van der Waals surface area contributed by atoms with Crippen molar-refractivity contribution < 1.29 is 13.2 Å². The molecule has 2 fully saturated rings. The van der Waals surface area contributed by atoms with Crippen molar-refractivity contribution in [2.45, 2.75) is 49.8 Å². The van der Waals surface area contributed by atoms with E-state index < -0.39 is 10.0 Å². The number of benzene rings is 1. The van der Waals surface area contributed by atoms with Gasteiger partial charge in [0.15, 0.2) is 0 Å². The number of piperidine rings is 2. The van der Waals surface area contributed by atoms with E-state index in [-0.39, 0.29) is 23.2 Å². The lowest BCUT2D eigenvalue weighted by molar-refractivity contribution is -0.116. The van der Waals surface area contributed by atoms with Gasteiger partial charge in [0.2, 0.25) is 15.9 Å². The first-order chi connectivity index (χ1) is 12.6. The number of nitrogens with one attached hydrogen (secondary N) is 2. The molecule has 0 aliphatic carbocycles. The molecular weight excluding hydrogens is 386 g/mol. The van der Waals surface area contributed by atoms with Crippen molar-refractivity contribution in [1.82, 2.24) is 9.62 Å². The van der Waals surface area contributed by atoms with Gasteiger partial charge in [-0.25, -0.2) is 8.42 Å². The van der Waals surface area contributed by atoms with E-state index in [0.717, 1.165) is 51.6 Å². The van der Waals surface area contributed by atoms with Crippen LogP contribution in [0.4, 0.5) is 5.69 Å². The highest BCUT2D eigenvalue weighted by molar-refractivity contribution is 7.89. The summed E-state index contributed by atoms with van der Waals surface area (Å²) in [6.07, 6.45) is 6.51. The molecule has 0 bridgehead atoms. The Hall–Kier alpha value is -1.15. The standard InChI is InChI=1S/C19H29N3O3S.ClH/c23-19(8-7-16-9-11-20-12-10-16)21-17-5-4-6-18(15-17)26(24,25)22-13-2-1-3-14-22;/h4-6,15-16,20H,1-3,7-14H2,(H,21,23);1H. The number of hydrogen-bond acceptors (Lipinski definition) is 4. The molecule has 0 saturated carbocycles. The molecule has 0 aromatic heterocycles. The molecule has 6 nitrogen and oxygen atoms in total. The average molecular weight is 416 g/mol. The highest BCUT2D eigenvalue weighted by Crippen LogP contribution is 2.23. The molecule has 2 heterocycles. The zero-order valence-electron chi connectivity index (χ0n) is 15.7. The van der Waals surface area contributed by atoms with Crippen LogP contribution in [0.2, 0.25) is 0 Å². The zero-order chi connectivity index (χ0) is 18.4. The van der Waals surface area contributed by atoms with Crippen LogP contribution in [0.3, 0.4) is 0 Å². The second-order valence-corrected chi connectivity index (χ2v) is 9.21. The summed E-state index contributed by atoms with van der Waals surface area (Å²) in [6.45, 7) is 3.22. The van der Waals surface area contributed by atoms with Gasteiger partial charge in [-0.3, -0.25) is 4.79 Å². The molecule has 8 heteroatoms. The van der Waals surface area contributed by atoms with E-state index in [4.69, 9.17) is 0 Å². The minimum absolute atomic E-state index is 0. The Morgan fingerprint density at radius 3 is 2.56 bits per heavy atom. The number of carbonyl (C=O) groups is 1. The molecule has 1 amide bonds. The maximum atomic E-state index is 12.8. The third-order valence-corrected chi connectivity index (χ3v) is 7.20. The lowest BCUT2D eigenvalue weighted by atomic mass is 9.93. The van der Waals surface area contributed by atoms with E-state index in [1.165, 1.54) is 0 Å². The van der Waals surface area contributed by atoms with E-state index in [0.29, 0.717) is 31.1 Å². The largest absolute Gasteiger partial charge is 0.326 e.